The molecule has 108 valence electrons. The van der Waals surface area contributed by atoms with Crippen LogP contribution in [0.3, 0.4) is 0 Å². The first kappa shape index (κ1) is 13.8. The first-order valence-corrected chi connectivity index (χ1v) is 7.99. The molecule has 2 nitrogen and oxygen atoms in total. The van der Waals surface area contributed by atoms with Gasteiger partial charge in [-0.1, -0.05) is 30.7 Å². The van der Waals surface area contributed by atoms with E-state index in [2.05, 4.69) is 30.9 Å². The van der Waals surface area contributed by atoms with Gasteiger partial charge in [-0.25, -0.2) is 0 Å². The van der Waals surface area contributed by atoms with Crippen molar-refractivity contribution >= 4 is 5.78 Å². The smallest absolute Gasteiger partial charge is 0.167 e. The quantitative estimate of drug-likeness (QED) is 0.821. The Morgan fingerprint density at radius 1 is 1.20 bits per heavy atom. The van der Waals surface area contributed by atoms with Gasteiger partial charge in [-0.3, -0.25) is 4.79 Å². The number of hydrogen-bond donors (Lipinski definition) is 0. The highest BCUT2D eigenvalue weighted by Crippen LogP contribution is 2.28. The van der Waals surface area contributed by atoms with Gasteiger partial charge in [-0.15, -0.1) is 0 Å². The van der Waals surface area contributed by atoms with Crippen LogP contribution in [0.25, 0.3) is 0 Å². The Morgan fingerprint density at radius 2 is 1.95 bits per heavy atom. The fourth-order valence-corrected chi connectivity index (χ4v) is 3.58. The number of likely N-dealkylation sites (tertiary alicyclic amines) is 1. The molecule has 1 heterocycles. The Morgan fingerprint density at radius 3 is 2.70 bits per heavy atom. The molecule has 0 bridgehead atoms. The number of carbonyl (C=O) groups is 1. The lowest BCUT2D eigenvalue weighted by Crippen LogP contribution is -2.40. The molecule has 2 aliphatic rings. The molecule has 1 fully saturated rings. The van der Waals surface area contributed by atoms with Crippen LogP contribution in [-0.2, 0) is 6.42 Å². The van der Waals surface area contributed by atoms with E-state index >= 15 is 0 Å². The number of ketones is 1. The van der Waals surface area contributed by atoms with Crippen LogP contribution in [0.2, 0.25) is 0 Å². The Hall–Kier alpha value is -1.15. The zero-order valence-corrected chi connectivity index (χ0v) is 12.7. The molecule has 1 unspecified atom stereocenters. The first-order valence-electron chi connectivity index (χ1n) is 7.99. The third kappa shape index (κ3) is 2.80. The van der Waals surface area contributed by atoms with Gasteiger partial charge in [-0.05, 0) is 57.2 Å². The van der Waals surface area contributed by atoms with Crippen molar-refractivity contribution in [2.75, 3.05) is 19.6 Å². The minimum absolute atomic E-state index is 0.221. The average molecular weight is 271 g/mol. The number of aryl methyl sites for hydroxylation is 2. The maximum atomic E-state index is 12.6. The largest absolute Gasteiger partial charge is 0.303 e. The van der Waals surface area contributed by atoms with E-state index in [9.17, 15) is 4.79 Å². The van der Waals surface area contributed by atoms with Crippen LogP contribution in [0.4, 0.5) is 0 Å². The van der Waals surface area contributed by atoms with E-state index in [0.29, 0.717) is 5.78 Å². The summed E-state index contributed by atoms with van der Waals surface area (Å²) >= 11 is 0. The molecule has 0 N–H and O–H groups in total. The second-order valence-corrected chi connectivity index (χ2v) is 6.74. The van der Waals surface area contributed by atoms with E-state index in [-0.39, 0.29) is 5.92 Å². The van der Waals surface area contributed by atoms with Crippen molar-refractivity contribution in [2.45, 2.75) is 39.5 Å². The summed E-state index contributed by atoms with van der Waals surface area (Å²) in [5.74, 6) is 1.46. The highest BCUT2D eigenvalue weighted by Gasteiger charge is 2.29. The van der Waals surface area contributed by atoms with Gasteiger partial charge in [0.1, 0.15) is 0 Å². The predicted octanol–water partition coefficient (Wildman–Crippen LogP) is 3.47. The molecular weight excluding hydrogens is 246 g/mol. The summed E-state index contributed by atoms with van der Waals surface area (Å²) in [5, 5.41) is 0. The number of Topliss-reactive ketones (excluding diaryl/α,β-unsaturated/α-hetero) is 1. The normalized spacial score (nSPS) is 24.7. The molecule has 2 heteroatoms. The van der Waals surface area contributed by atoms with Crippen LogP contribution in [0.1, 0.15) is 47.7 Å². The van der Waals surface area contributed by atoms with Gasteiger partial charge in [0.25, 0.3) is 0 Å². The highest BCUT2D eigenvalue weighted by atomic mass is 16.1. The van der Waals surface area contributed by atoms with Crippen molar-refractivity contribution in [3.8, 4) is 0 Å². The molecule has 1 aromatic rings. The van der Waals surface area contributed by atoms with Gasteiger partial charge in [0, 0.05) is 18.0 Å². The van der Waals surface area contributed by atoms with Crippen LogP contribution in [0, 0.1) is 18.8 Å². The third-order valence-corrected chi connectivity index (χ3v) is 5.01. The van der Waals surface area contributed by atoms with Crippen molar-refractivity contribution in [1.29, 1.82) is 0 Å². The molecule has 1 saturated heterocycles. The summed E-state index contributed by atoms with van der Waals surface area (Å²) in [6, 6.07) is 6.30. The number of rotatable bonds is 2. The summed E-state index contributed by atoms with van der Waals surface area (Å²) < 4.78 is 0. The fraction of sp³-hybridized carbons (Fsp3) is 0.611. The number of nitrogens with zero attached hydrogens (tertiary/aromatic N) is 1. The highest BCUT2D eigenvalue weighted by molar-refractivity contribution is 6.00. The average Bonchev–Trinajstić information content (AvgIpc) is 2.44. The molecule has 1 aromatic carbocycles. The van der Waals surface area contributed by atoms with Gasteiger partial charge in [0.2, 0.25) is 0 Å². The zero-order chi connectivity index (χ0) is 14.1. The SMILES string of the molecule is Cc1ccc2c(c1)CCC(CN1CCC(C)CC1)C2=O. The van der Waals surface area contributed by atoms with Crippen LogP contribution >= 0.6 is 0 Å². The van der Waals surface area contributed by atoms with E-state index in [0.717, 1.165) is 30.9 Å². The maximum Gasteiger partial charge on any atom is 0.167 e. The molecule has 0 amide bonds. The molecule has 3 rings (SSSR count). The van der Waals surface area contributed by atoms with Gasteiger partial charge < -0.3 is 4.90 Å². The Balaban J connectivity index is 1.68. The van der Waals surface area contributed by atoms with E-state index in [1.807, 2.05) is 6.07 Å². The fourth-order valence-electron chi connectivity index (χ4n) is 3.58. The zero-order valence-electron chi connectivity index (χ0n) is 12.7. The Labute approximate surface area is 122 Å². The van der Waals surface area contributed by atoms with E-state index in [1.54, 1.807) is 0 Å². The van der Waals surface area contributed by atoms with Crippen LogP contribution < -0.4 is 0 Å². The molecule has 20 heavy (non-hydrogen) atoms. The Kier molecular flexibility index (Phi) is 3.93. The summed E-state index contributed by atoms with van der Waals surface area (Å²) in [5.41, 5.74) is 3.51. The van der Waals surface area contributed by atoms with Crippen molar-refractivity contribution in [1.82, 2.24) is 4.90 Å². The first-order chi connectivity index (χ1) is 9.63. The molecule has 1 atom stereocenters. The van der Waals surface area contributed by atoms with Crippen molar-refractivity contribution < 1.29 is 4.79 Å². The number of carbonyl (C=O) groups excluding carboxylic acids is 1. The van der Waals surface area contributed by atoms with Gasteiger partial charge >= 0.3 is 0 Å². The van der Waals surface area contributed by atoms with Crippen molar-refractivity contribution in [3.63, 3.8) is 0 Å². The van der Waals surface area contributed by atoms with E-state index < -0.39 is 0 Å². The van der Waals surface area contributed by atoms with Gasteiger partial charge in [0.15, 0.2) is 5.78 Å². The van der Waals surface area contributed by atoms with Crippen molar-refractivity contribution in [2.24, 2.45) is 11.8 Å². The summed E-state index contributed by atoms with van der Waals surface area (Å²) in [7, 11) is 0. The van der Waals surface area contributed by atoms with Crippen LogP contribution in [0.5, 0.6) is 0 Å². The number of fused-ring (bicyclic) bond motifs is 1. The lowest BCUT2D eigenvalue weighted by Gasteiger charge is -2.34. The standard InChI is InChI=1S/C18H25NO/c1-13-7-9-19(10-8-13)12-16-5-4-15-11-14(2)3-6-17(15)18(16)20/h3,6,11,13,16H,4-5,7-10,12H2,1-2H3. The minimum Gasteiger partial charge on any atom is -0.303 e. The predicted molar refractivity (Wildman–Crippen MR) is 82.2 cm³/mol. The van der Waals surface area contributed by atoms with E-state index in [1.165, 1.54) is 37.1 Å². The molecule has 0 radical (unpaired) electrons. The number of hydrogen-bond acceptors (Lipinski definition) is 2. The maximum absolute atomic E-state index is 12.6. The lowest BCUT2D eigenvalue weighted by atomic mass is 9.81. The molecule has 0 saturated carbocycles. The molecule has 1 aliphatic carbocycles. The van der Waals surface area contributed by atoms with Gasteiger partial charge in [-0.2, -0.15) is 0 Å². The van der Waals surface area contributed by atoms with Crippen LogP contribution in [0.15, 0.2) is 18.2 Å². The van der Waals surface area contributed by atoms with E-state index in [4.69, 9.17) is 0 Å². The molecule has 0 spiro atoms. The third-order valence-electron chi connectivity index (χ3n) is 5.01. The van der Waals surface area contributed by atoms with Gasteiger partial charge in [0.05, 0.1) is 0 Å². The second-order valence-electron chi connectivity index (χ2n) is 6.74. The molecule has 1 aliphatic heterocycles. The minimum atomic E-state index is 0.221. The van der Waals surface area contributed by atoms with Crippen molar-refractivity contribution in [3.05, 3.63) is 34.9 Å². The second kappa shape index (κ2) is 5.69. The monoisotopic (exact) mass is 271 g/mol. The number of benzene rings is 1. The summed E-state index contributed by atoms with van der Waals surface area (Å²) in [6.07, 6.45) is 4.67. The number of piperidine rings is 1. The summed E-state index contributed by atoms with van der Waals surface area (Å²) in [6.45, 7) is 7.75. The summed E-state index contributed by atoms with van der Waals surface area (Å²) in [4.78, 5) is 15.1. The lowest BCUT2D eigenvalue weighted by molar-refractivity contribution is 0.0833. The van der Waals surface area contributed by atoms with Crippen LogP contribution in [-0.4, -0.2) is 30.3 Å². The molecule has 0 aromatic heterocycles. The topological polar surface area (TPSA) is 20.3 Å². The Bertz CT molecular complexity index is 500. The molecular formula is C18H25NO.